The van der Waals surface area contributed by atoms with E-state index in [-0.39, 0.29) is 5.97 Å². The zero-order valence-corrected chi connectivity index (χ0v) is 11.3. The maximum Gasteiger partial charge on any atom is 0.308 e. The van der Waals surface area contributed by atoms with Crippen LogP contribution in [0, 0.1) is 0 Å². The maximum absolute atomic E-state index is 11.3. The predicted octanol–water partition coefficient (Wildman–Crippen LogP) is 2.16. The van der Waals surface area contributed by atoms with Crippen molar-refractivity contribution in [3.63, 3.8) is 0 Å². The first-order valence-corrected chi connectivity index (χ1v) is 6.56. The third kappa shape index (κ3) is 3.26. The number of carbonyl (C=O) groups excluding carboxylic acids is 1. The van der Waals surface area contributed by atoms with Crippen molar-refractivity contribution < 1.29 is 9.53 Å². The molecular formula is C13H16N2O2S. The molecular weight excluding hydrogens is 248 g/mol. The Morgan fingerprint density at radius 3 is 2.83 bits per heavy atom. The molecule has 1 aliphatic rings. The molecule has 1 N–H and O–H groups in total. The standard InChI is InChI=1S/C13H16N2O2S/c1-13(9-12(16)17-2)15-14-11(18-13)8-10-6-4-3-5-7-10/h3-7,15H,8-9H2,1-2H3. The molecule has 0 spiro atoms. The number of ether oxygens (including phenoxy) is 1. The van der Waals surface area contributed by atoms with Gasteiger partial charge in [0.15, 0.2) is 0 Å². The summed E-state index contributed by atoms with van der Waals surface area (Å²) in [6.45, 7) is 1.95. The fourth-order valence-electron chi connectivity index (χ4n) is 1.76. The van der Waals surface area contributed by atoms with Crippen molar-refractivity contribution in [2.45, 2.75) is 24.6 Å². The number of hydrogen-bond acceptors (Lipinski definition) is 5. The zero-order chi connectivity index (χ0) is 13.0. The number of hydrazone groups is 1. The van der Waals surface area contributed by atoms with E-state index < -0.39 is 4.87 Å². The maximum atomic E-state index is 11.3. The minimum Gasteiger partial charge on any atom is -0.469 e. The Bertz CT molecular complexity index is 461. The Kier molecular flexibility index (Phi) is 3.91. The van der Waals surface area contributed by atoms with Crippen molar-refractivity contribution in [3.8, 4) is 0 Å². The molecule has 0 saturated carbocycles. The third-order valence-corrected chi connectivity index (χ3v) is 3.83. The van der Waals surface area contributed by atoms with Gasteiger partial charge in [0, 0.05) is 6.42 Å². The first-order valence-electron chi connectivity index (χ1n) is 5.75. The lowest BCUT2D eigenvalue weighted by molar-refractivity contribution is -0.141. The molecule has 1 heterocycles. The van der Waals surface area contributed by atoms with E-state index in [4.69, 9.17) is 0 Å². The first-order chi connectivity index (χ1) is 8.61. The van der Waals surface area contributed by atoms with Gasteiger partial charge in [-0.25, -0.2) is 0 Å². The Labute approximate surface area is 111 Å². The molecule has 96 valence electrons. The number of nitrogens with one attached hydrogen (secondary N) is 1. The molecule has 5 heteroatoms. The fourth-order valence-corrected chi connectivity index (χ4v) is 2.89. The molecule has 0 bridgehead atoms. The van der Waals surface area contributed by atoms with Crippen LogP contribution in [-0.2, 0) is 16.0 Å². The van der Waals surface area contributed by atoms with Gasteiger partial charge >= 0.3 is 5.97 Å². The summed E-state index contributed by atoms with van der Waals surface area (Å²) in [6, 6.07) is 10.2. The van der Waals surface area contributed by atoms with Crippen molar-refractivity contribution in [1.29, 1.82) is 0 Å². The van der Waals surface area contributed by atoms with Crippen LogP contribution in [0.25, 0.3) is 0 Å². The minimum absolute atomic E-state index is 0.228. The molecule has 0 saturated heterocycles. The van der Waals surface area contributed by atoms with E-state index in [9.17, 15) is 4.79 Å². The minimum atomic E-state index is -0.392. The number of methoxy groups -OCH3 is 1. The summed E-state index contributed by atoms with van der Waals surface area (Å²) in [4.78, 5) is 10.9. The Hall–Kier alpha value is -1.49. The molecule has 2 rings (SSSR count). The zero-order valence-electron chi connectivity index (χ0n) is 10.5. The average Bonchev–Trinajstić information content (AvgIpc) is 2.71. The lowest BCUT2D eigenvalue weighted by Gasteiger charge is -2.20. The van der Waals surface area contributed by atoms with E-state index in [0.29, 0.717) is 6.42 Å². The van der Waals surface area contributed by atoms with E-state index in [1.54, 1.807) is 11.8 Å². The molecule has 4 nitrogen and oxygen atoms in total. The van der Waals surface area contributed by atoms with E-state index in [1.165, 1.54) is 12.7 Å². The highest BCUT2D eigenvalue weighted by atomic mass is 32.2. The van der Waals surface area contributed by atoms with Gasteiger partial charge in [-0.3, -0.25) is 10.2 Å². The van der Waals surface area contributed by atoms with Crippen LogP contribution in [0.15, 0.2) is 35.4 Å². The summed E-state index contributed by atoms with van der Waals surface area (Å²) in [6.07, 6.45) is 1.09. The number of nitrogens with zero attached hydrogens (tertiary/aromatic N) is 1. The first kappa shape index (κ1) is 13.0. The number of carbonyl (C=O) groups is 1. The monoisotopic (exact) mass is 264 g/mol. The van der Waals surface area contributed by atoms with Crippen molar-refractivity contribution in [1.82, 2.24) is 5.43 Å². The van der Waals surface area contributed by atoms with Gasteiger partial charge in [0.2, 0.25) is 0 Å². The van der Waals surface area contributed by atoms with Gasteiger partial charge < -0.3 is 4.74 Å². The highest BCUT2D eigenvalue weighted by molar-refractivity contribution is 8.15. The van der Waals surface area contributed by atoms with Crippen LogP contribution in [0.3, 0.4) is 0 Å². The van der Waals surface area contributed by atoms with Crippen LogP contribution in [0.2, 0.25) is 0 Å². The number of thioether (sulfide) groups is 1. The highest BCUT2D eigenvalue weighted by Crippen LogP contribution is 2.33. The number of esters is 1. The lowest BCUT2D eigenvalue weighted by atomic mass is 10.2. The largest absolute Gasteiger partial charge is 0.469 e. The molecule has 1 aromatic carbocycles. The molecule has 1 atom stereocenters. The third-order valence-electron chi connectivity index (χ3n) is 2.67. The van der Waals surface area contributed by atoms with Gasteiger partial charge in [-0.1, -0.05) is 42.1 Å². The topological polar surface area (TPSA) is 50.7 Å². The van der Waals surface area contributed by atoms with Gasteiger partial charge in [0.05, 0.1) is 18.6 Å². The normalized spacial score (nSPS) is 22.2. The molecule has 0 fully saturated rings. The molecule has 1 aliphatic heterocycles. The second kappa shape index (κ2) is 5.44. The summed E-state index contributed by atoms with van der Waals surface area (Å²) in [5.41, 5.74) is 4.23. The van der Waals surface area contributed by atoms with Crippen molar-refractivity contribution >= 4 is 22.8 Å². The SMILES string of the molecule is COC(=O)CC1(C)NN=C(Cc2ccccc2)S1. The Morgan fingerprint density at radius 2 is 2.17 bits per heavy atom. The Morgan fingerprint density at radius 1 is 1.44 bits per heavy atom. The van der Waals surface area contributed by atoms with Crippen molar-refractivity contribution in [2.75, 3.05) is 7.11 Å². The number of rotatable bonds is 4. The highest BCUT2D eigenvalue weighted by Gasteiger charge is 2.34. The van der Waals surface area contributed by atoms with Crippen LogP contribution < -0.4 is 5.43 Å². The fraction of sp³-hybridized carbons (Fsp3) is 0.385. The van der Waals surface area contributed by atoms with Crippen LogP contribution in [0.5, 0.6) is 0 Å². The summed E-state index contributed by atoms with van der Waals surface area (Å²) >= 11 is 1.59. The van der Waals surface area contributed by atoms with Crippen LogP contribution in [0.4, 0.5) is 0 Å². The molecule has 0 aromatic heterocycles. The van der Waals surface area contributed by atoms with E-state index in [0.717, 1.165) is 11.5 Å². The summed E-state index contributed by atoms with van der Waals surface area (Å²) in [7, 11) is 1.40. The van der Waals surface area contributed by atoms with Crippen molar-refractivity contribution in [2.24, 2.45) is 5.10 Å². The Balaban J connectivity index is 1.93. The molecule has 0 amide bonds. The second-order valence-electron chi connectivity index (χ2n) is 4.37. The average molecular weight is 264 g/mol. The number of benzene rings is 1. The molecule has 1 aromatic rings. The predicted molar refractivity (Wildman–Crippen MR) is 73.3 cm³/mol. The van der Waals surface area contributed by atoms with E-state index in [1.807, 2.05) is 25.1 Å². The van der Waals surface area contributed by atoms with Crippen LogP contribution >= 0.6 is 11.8 Å². The summed E-state index contributed by atoms with van der Waals surface area (Å²) in [5.74, 6) is -0.228. The second-order valence-corrected chi connectivity index (χ2v) is 5.94. The van der Waals surface area contributed by atoms with Gasteiger partial charge in [-0.15, -0.1) is 0 Å². The van der Waals surface area contributed by atoms with Crippen molar-refractivity contribution in [3.05, 3.63) is 35.9 Å². The quantitative estimate of drug-likeness (QED) is 0.847. The van der Waals surface area contributed by atoms with E-state index >= 15 is 0 Å². The summed E-state index contributed by atoms with van der Waals surface area (Å²) < 4.78 is 4.69. The van der Waals surface area contributed by atoms with Gasteiger partial charge in [-0.05, 0) is 12.5 Å². The smallest absolute Gasteiger partial charge is 0.308 e. The van der Waals surface area contributed by atoms with Gasteiger partial charge in [0.25, 0.3) is 0 Å². The molecule has 1 unspecified atom stereocenters. The summed E-state index contributed by atoms with van der Waals surface area (Å²) in [5, 5.41) is 5.29. The molecule has 18 heavy (non-hydrogen) atoms. The molecule has 0 aliphatic carbocycles. The van der Waals surface area contributed by atoms with Gasteiger partial charge in [-0.2, -0.15) is 5.10 Å². The van der Waals surface area contributed by atoms with E-state index in [2.05, 4.69) is 27.4 Å². The molecule has 0 radical (unpaired) electrons. The number of hydrogen-bond donors (Lipinski definition) is 1. The van der Waals surface area contributed by atoms with Crippen LogP contribution in [0.1, 0.15) is 18.9 Å². The van der Waals surface area contributed by atoms with Gasteiger partial charge in [0.1, 0.15) is 4.87 Å². The van der Waals surface area contributed by atoms with Crippen LogP contribution in [-0.4, -0.2) is 23.0 Å². The lowest BCUT2D eigenvalue weighted by Crippen LogP contribution is -2.34.